The number of benzene rings is 1. The third-order valence-electron chi connectivity index (χ3n) is 3.97. The molecule has 2 nitrogen and oxygen atoms in total. The van der Waals surface area contributed by atoms with E-state index in [-0.39, 0.29) is 5.54 Å². The molecule has 0 aliphatic carbocycles. The normalized spacial score (nSPS) is 15.8. The zero-order chi connectivity index (χ0) is 14.6. The van der Waals surface area contributed by atoms with E-state index < -0.39 is 0 Å². The molecule has 1 heterocycles. The van der Waals surface area contributed by atoms with Crippen molar-refractivity contribution >= 4 is 0 Å². The topological polar surface area (TPSA) is 21.3 Å². The standard InChI is InChI=1S/C18H29NO/c1-14(9-11-19-18(2,3)4)5-6-15-7-8-17-16(13-15)10-12-20-17/h7-8,13-14,19H,5-6,9-12H2,1-4H3. The minimum Gasteiger partial charge on any atom is -0.493 e. The van der Waals surface area contributed by atoms with Crippen molar-refractivity contribution in [1.82, 2.24) is 5.32 Å². The zero-order valence-corrected chi connectivity index (χ0v) is 13.5. The summed E-state index contributed by atoms with van der Waals surface area (Å²) in [5.41, 5.74) is 3.09. The molecular weight excluding hydrogens is 246 g/mol. The Morgan fingerprint density at radius 1 is 1.25 bits per heavy atom. The summed E-state index contributed by atoms with van der Waals surface area (Å²) in [4.78, 5) is 0. The first-order valence-electron chi connectivity index (χ1n) is 7.94. The Kier molecular flexibility index (Phi) is 5.09. The van der Waals surface area contributed by atoms with Gasteiger partial charge in [0.25, 0.3) is 0 Å². The smallest absolute Gasteiger partial charge is 0.122 e. The van der Waals surface area contributed by atoms with Gasteiger partial charge in [0.05, 0.1) is 6.61 Å². The van der Waals surface area contributed by atoms with Gasteiger partial charge in [0.15, 0.2) is 0 Å². The molecule has 1 aliphatic rings. The van der Waals surface area contributed by atoms with Crippen molar-refractivity contribution in [3.05, 3.63) is 29.3 Å². The van der Waals surface area contributed by atoms with Crippen LogP contribution in [0, 0.1) is 5.92 Å². The third-order valence-corrected chi connectivity index (χ3v) is 3.97. The highest BCUT2D eigenvalue weighted by Gasteiger charge is 2.13. The van der Waals surface area contributed by atoms with E-state index in [9.17, 15) is 0 Å². The summed E-state index contributed by atoms with van der Waals surface area (Å²) in [5.74, 6) is 1.87. The molecule has 1 N–H and O–H groups in total. The van der Waals surface area contributed by atoms with Crippen LogP contribution in [-0.4, -0.2) is 18.7 Å². The van der Waals surface area contributed by atoms with Crippen LogP contribution < -0.4 is 10.1 Å². The second-order valence-electron chi connectivity index (χ2n) is 7.15. The largest absolute Gasteiger partial charge is 0.493 e. The molecule has 0 saturated carbocycles. The minimum atomic E-state index is 0.236. The van der Waals surface area contributed by atoms with Crippen molar-refractivity contribution < 1.29 is 4.74 Å². The van der Waals surface area contributed by atoms with Crippen molar-refractivity contribution in [2.24, 2.45) is 5.92 Å². The lowest BCUT2D eigenvalue weighted by atomic mass is 9.96. The quantitative estimate of drug-likeness (QED) is 0.848. The molecule has 0 radical (unpaired) electrons. The molecular formula is C18H29NO. The van der Waals surface area contributed by atoms with Crippen LogP contribution >= 0.6 is 0 Å². The van der Waals surface area contributed by atoms with E-state index in [2.05, 4.69) is 51.2 Å². The summed E-state index contributed by atoms with van der Waals surface area (Å²) in [7, 11) is 0. The maximum absolute atomic E-state index is 5.56. The number of hydrogen-bond donors (Lipinski definition) is 1. The summed E-state index contributed by atoms with van der Waals surface area (Å²) >= 11 is 0. The molecule has 0 saturated heterocycles. The number of hydrogen-bond acceptors (Lipinski definition) is 2. The fourth-order valence-electron chi connectivity index (χ4n) is 2.65. The van der Waals surface area contributed by atoms with Gasteiger partial charge in [-0.1, -0.05) is 19.1 Å². The van der Waals surface area contributed by atoms with Gasteiger partial charge in [-0.15, -0.1) is 0 Å². The van der Waals surface area contributed by atoms with Gasteiger partial charge < -0.3 is 10.1 Å². The van der Waals surface area contributed by atoms with Gasteiger partial charge >= 0.3 is 0 Å². The predicted octanol–water partition coefficient (Wildman–Crippen LogP) is 3.97. The molecule has 0 bridgehead atoms. The molecule has 2 rings (SSSR count). The fraction of sp³-hybridized carbons (Fsp3) is 0.667. The molecule has 2 heteroatoms. The highest BCUT2D eigenvalue weighted by atomic mass is 16.5. The first-order valence-corrected chi connectivity index (χ1v) is 7.94. The molecule has 1 unspecified atom stereocenters. The van der Waals surface area contributed by atoms with E-state index in [0.717, 1.165) is 31.2 Å². The Morgan fingerprint density at radius 2 is 2.05 bits per heavy atom. The van der Waals surface area contributed by atoms with Crippen molar-refractivity contribution in [1.29, 1.82) is 0 Å². The van der Waals surface area contributed by atoms with E-state index in [4.69, 9.17) is 4.74 Å². The van der Waals surface area contributed by atoms with Crippen molar-refractivity contribution in [2.45, 2.75) is 58.9 Å². The molecule has 0 spiro atoms. The van der Waals surface area contributed by atoms with Crippen LogP contribution in [-0.2, 0) is 12.8 Å². The fourth-order valence-corrected chi connectivity index (χ4v) is 2.65. The van der Waals surface area contributed by atoms with Crippen LogP contribution in [0.5, 0.6) is 5.75 Å². The third kappa shape index (κ3) is 4.82. The lowest BCUT2D eigenvalue weighted by Gasteiger charge is -2.22. The number of ether oxygens (including phenoxy) is 1. The number of aryl methyl sites for hydroxylation is 1. The van der Waals surface area contributed by atoms with E-state index in [1.165, 1.54) is 30.4 Å². The van der Waals surface area contributed by atoms with Crippen LogP contribution in [0.15, 0.2) is 18.2 Å². The summed E-state index contributed by atoms with van der Waals surface area (Å²) in [5, 5.41) is 3.57. The van der Waals surface area contributed by atoms with Gasteiger partial charge in [-0.05, 0) is 69.7 Å². The summed E-state index contributed by atoms with van der Waals surface area (Å²) in [6.45, 7) is 11.0. The van der Waals surface area contributed by atoms with Crippen molar-refractivity contribution in [2.75, 3.05) is 13.2 Å². The van der Waals surface area contributed by atoms with Crippen LogP contribution in [0.4, 0.5) is 0 Å². The van der Waals surface area contributed by atoms with Crippen LogP contribution in [0.2, 0.25) is 0 Å². The van der Waals surface area contributed by atoms with Crippen LogP contribution in [0.25, 0.3) is 0 Å². The molecule has 20 heavy (non-hydrogen) atoms. The minimum absolute atomic E-state index is 0.236. The highest BCUT2D eigenvalue weighted by molar-refractivity contribution is 5.39. The average Bonchev–Trinajstić information content (AvgIpc) is 2.82. The first kappa shape index (κ1) is 15.4. The van der Waals surface area contributed by atoms with Crippen LogP contribution in [0.3, 0.4) is 0 Å². The van der Waals surface area contributed by atoms with Crippen LogP contribution in [0.1, 0.15) is 51.7 Å². The number of rotatable bonds is 6. The number of fused-ring (bicyclic) bond motifs is 1. The highest BCUT2D eigenvalue weighted by Crippen LogP contribution is 2.26. The SMILES string of the molecule is CC(CCNC(C)(C)C)CCc1ccc2c(c1)CCO2. The Morgan fingerprint density at radius 3 is 2.80 bits per heavy atom. The zero-order valence-electron chi connectivity index (χ0n) is 13.5. The van der Waals surface area contributed by atoms with Gasteiger partial charge in [-0.3, -0.25) is 0 Å². The Hall–Kier alpha value is -1.02. The monoisotopic (exact) mass is 275 g/mol. The lowest BCUT2D eigenvalue weighted by Crippen LogP contribution is -2.36. The maximum atomic E-state index is 5.56. The molecule has 1 aromatic carbocycles. The maximum Gasteiger partial charge on any atom is 0.122 e. The molecule has 1 aromatic rings. The molecule has 0 fully saturated rings. The second kappa shape index (κ2) is 6.62. The van der Waals surface area contributed by atoms with Gasteiger partial charge in [0.1, 0.15) is 5.75 Å². The van der Waals surface area contributed by atoms with Gasteiger partial charge in [0, 0.05) is 12.0 Å². The lowest BCUT2D eigenvalue weighted by molar-refractivity contribution is 0.357. The van der Waals surface area contributed by atoms with Gasteiger partial charge in [-0.25, -0.2) is 0 Å². The average molecular weight is 275 g/mol. The first-order chi connectivity index (χ1) is 9.44. The Labute approximate surface area is 123 Å². The van der Waals surface area contributed by atoms with E-state index in [0.29, 0.717) is 0 Å². The van der Waals surface area contributed by atoms with E-state index in [1.54, 1.807) is 0 Å². The molecule has 0 aromatic heterocycles. The molecule has 1 aliphatic heterocycles. The Bertz CT molecular complexity index is 434. The predicted molar refractivity (Wildman–Crippen MR) is 85.5 cm³/mol. The van der Waals surface area contributed by atoms with E-state index in [1.807, 2.05) is 0 Å². The Balaban J connectivity index is 1.72. The van der Waals surface area contributed by atoms with Gasteiger partial charge in [-0.2, -0.15) is 0 Å². The van der Waals surface area contributed by atoms with Crippen molar-refractivity contribution in [3.8, 4) is 5.75 Å². The molecule has 1 atom stereocenters. The second-order valence-corrected chi connectivity index (χ2v) is 7.15. The molecule has 0 amide bonds. The molecule has 112 valence electrons. The van der Waals surface area contributed by atoms with Gasteiger partial charge in [0.2, 0.25) is 0 Å². The summed E-state index contributed by atoms with van der Waals surface area (Å²) < 4.78 is 5.56. The summed E-state index contributed by atoms with van der Waals surface area (Å²) in [6.07, 6.45) is 4.79. The van der Waals surface area contributed by atoms with Crippen molar-refractivity contribution in [3.63, 3.8) is 0 Å². The van der Waals surface area contributed by atoms with E-state index >= 15 is 0 Å². The number of nitrogens with one attached hydrogen (secondary N) is 1. The summed E-state index contributed by atoms with van der Waals surface area (Å²) in [6, 6.07) is 6.70.